The third-order valence-corrected chi connectivity index (χ3v) is 5.61. The second-order valence-corrected chi connectivity index (χ2v) is 6.64. The van der Waals surface area contributed by atoms with Gasteiger partial charge in [0.05, 0.1) is 16.0 Å². The van der Waals surface area contributed by atoms with Gasteiger partial charge < -0.3 is 5.73 Å². The summed E-state index contributed by atoms with van der Waals surface area (Å²) in [6.07, 6.45) is 3.44. The Labute approximate surface area is 118 Å². The van der Waals surface area contributed by atoms with Gasteiger partial charge in [-0.15, -0.1) is 23.5 Å². The highest BCUT2D eigenvalue weighted by Crippen LogP contribution is 2.41. The Bertz CT molecular complexity index is 418. The molecule has 1 atom stereocenters. The zero-order valence-electron chi connectivity index (χ0n) is 10.8. The number of benzene rings is 1. The van der Waals surface area contributed by atoms with Crippen LogP contribution in [-0.4, -0.2) is 22.6 Å². The quantitative estimate of drug-likeness (QED) is 0.826. The van der Waals surface area contributed by atoms with Crippen LogP contribution in [0.4, 0.5) is 5.69 Å². The van der Waals surface area contributed by atoms with E-state index in [1.54, 1.807) is 0 Å². The standard InChI is InChI=1S/C14H20N2S2/c1-2-12-14(17-10-6-5-9-15)16-11-7-3-4-8-13(11)18-12/h3-4,7-8,12H,2,5-6,9-10,15H2,1H3. The van der Waals surface area contributed by atoms with Crippen LogP contribution in [0.25, 0.3) is 0 Å². The third kappa shape index (κ3) is 3.53. The summed E-state index contributed by atoms with van der Waals surface area (Å²) in [6, 6.07) is 8.43. The maximum atomic E-state index is 5.52. The number of thioether (sulfide) groups is 2. The van der Waals surface area contributed by atoms with E-state index in [4.69, 9.17) is 10.7 Å². The number of fused-ring (bicyclic) bond motifs is 1. The SMILES string of the molecule is CCC1Sc2ccccc2N=C1SCCCCN. The maximum absolute atomic E-state index is 5.52. The normalized spacial score (nSPS) is 18.3. The minimum Gasteiger partial charge on any atom is -0.330 e. The number of unbranched alkanes of at least 4 members (excludes halogenated alkanes) is 1. The Morgan fingerprint density at radius 2 is 2.17 bits per heavy atom. The summed E-state index contributed by atoms with van der Waals surface area (Å²) >= 11 is 3.86. The lowest BCUT2D eigenvalue weighted by Crippen LogP contribution is -2.16. The Morgan fingerprint density at radius 1 is 1.33 bits per heavy atom. The van der Waals surface area contributed by atoms with Crippen LogP contribution in [0, 0.1) is 0 Å². The molecule has 0 amide bonds. The number of hydrogen-bond donors (Lipinski definition) is 1. The van der Waals surface area contributed by atoms with E-state index in [0.29, 0.717) is 5.25 Å². The van der Waals surface area contributed by atoms with Crippen molar-refractivity contribution in [3.63, 3.8) is 0 Å². The van der Waals surface area contributed by atoms with Crippen molar-refractivity contribution in [3.8, 4) is 0 Å². The summed E-state index contributed by atoms with van der Waals surface area (Å²) < 4.78 is 0. The van der Waals surface area contributed by atoms with Gasteiger partial charge in [0.15, 0.2) is 0 Å². The van der Waals surface area contributed by atoms with Gasteiger partial charge in [-0.1, -0.05) is 19.1 Å². The molecule has 0 bridgehead atoms. The van der Waals surface area contributed by atoms with E-state index in [-0.39, 0.29) is 0 Å². The minimum atomic E-state index is 0.530. The van der Waals surface area contributed by atoms with Gasteiger partial charge in [-0.3, -0.25) is 0 Å². The highest BCUT2D eigenvalue weighted by molar-refractivity contribution is 8.16. The number of para-hydroxylation sites is 1. The molecule has 0 saturated carbocycles. The lowest BCUT2D eigenvalue weighted by atomic mass is 10.3. The summed E-state index contributed by atoms with van der Waals surface area (Å²) in [6.45, 7) is 3.03. The van der Waals surface area contributed by atoms with E-state index in [0.717, 1.165) is 30.8 Å². The van der Waals surface area contributed by atoms with Gasteiger partial charge in [-0.2, -0.15) is 0 Å². The van der Waals surface area contributed by atoms with E-state index in [1.807, 2.05) is 23.5 Å². The largest absolute Gasteiger partial charge is 0.330 e. The van der Waals surface area contributed by atoms with Crippen molar-refractivity contribution >= 4 is 34.3 Å². The second kappa shape index (κ2) is 7.22. The molecule has 0 aliphatic carbocycles. The van der Waals surface area contributed by atoms with Gasteiger partial charge in [0.1, 0.15) is 0 Å². The molecule has 1 aromatic carbocycles. The molecular weight excluding hydrogens is 260 g/mol. The fraction of sp³-hybridized carbons (Fsp3) is 0.500. The predicted molar refractivity (Wildman–Crippen MR) is 84.2 cm³/mol. The zero-order chi connectivity index (χ0) is 12.8. The Morgan fingerprint density at radius 3 is 2.94 bits per heavy atom. The van der Waals surface area contributed by atoms with Crippen molar-refractivity contribution in [2.24, 2.45) is 10.7 Å². The number of aliphatic imine (C=N–C) groups is 1. The van der Waals surface area contributed by atoms with Crippen LogP contribution >= 0.6 is 23.5 Å². The lowest BCUT2D eigenvalue weighted by Gasteiger charge is -2.22. The van der Waals surface area contributed by atoms with Crippen LogP contribution < -0.4 is 5.73 Å². The highest BCUT2D eigenvalue weighted by atomic mass is 32.2. The monoisotopic (exact) mass is 280 g/mol. The maximum Gasteiger partial charge on any atom is 0.0872 e. The van der Waals surface area contributed by atoms with E-state index in [9.17, 15) is 0 Å². The lowest BCUT2D eigenvalue weighted by molar-refractivity contribution is 0.815. The van der Waals surface area contributed by atoms with Crippen molar-refractivity contribution in [2.75, 3.05) is 12.3 Å². The summed E-state index contributed by atoms with van der Waals surface area (Å²) in [4.78, 5) is 6.14. The van der Waals surface area contributed by atoms with Gasteiger partial charge in [-0.25, -0.2) is 4.99 Å². The molecule has 4 heteroatoms. The first-order valence-electron chi connectivity index (χ1n) is 6.52. The molecule has 0 fully saturated rings. The topological polar surface area (TPSA) is 38.4 Å². The molecule has 0 spiro atoms. The first kappa shape index (κ1) is 14.0. The third-order valence-electron chi connectivity index (χ3n) is 2.86. The molecule has 0 saturated heterocycles. The van der Waals surface area contributed by atoms with E-state index in [1.165, 1.54) is 16.4 Å². The molecule has 1 aliphatic rings. The van der Waals surface area contributed by atoms with Crippen molar-refractivity contribution < 1.29 is 0 Å². The molecule has 0 aromatic heterocycles. The first-order chi connectivity index (χ1) is 8.85. The van der Waals surface area contributed by atoms with Crippen LogP contribution in [0.2, 0.25) is 0 Å². The summed E-state index contributed by atoms with van der Waals surface area (Å²) in [7, 11) is 0. The van der Waals surface area contributed by atoms with Crippen molar-refractivity contribution in [1.29, 1.82) is 0 Å². The number of hydrogen-bond acceptors (Lipinski definition) is 4. The zero-order valence-corrected chi connectivity index (χ0v) is 12.4. The van der Waals surface area contributed by atoms with Gasteiger partial charge in [0, 0.05) is 4.90 Å². The second-order valence-electron chi connectivity index (χ2n) is 4.28. The fourth-order valence-corrected chi connectivity index (χ4v) is 4.29. The molecule has 1 heterocycles. The van der Waals surface area contributed by atoms with E-state index < -0.39 is 0 Å². The number of nitrogens with zero attached hydrogens (tertiary/aromatic N) is 1. The van der Waals surface area contributed by atoms with Crippen LogP contribution in [0.3, 0.4) is 0 Å². The molecule has 1 aliphatic heterocycles. The van der Waals surface area contributed by atoms with Crippen LogP contribution in [-0.2, 0) is 0 Å². The molecule has 18 heavy (non-hydrogen) atoms. The number of rotatable bonds is 5. The Hall–Kier alpha value is -0.450. The Kier molecular flexibility index (Phi) is 5.60. The number of nitrogens with two attached hydrogens (primary N) is 1. The molecule has 1 unspecified atom stereocenters. The molecule has 0 radical (unpaired) electrons. The summed E-state index contributed by atoms with van der Waals surface area (Å²) in [5.74, 6) is 1.13. The minimum absolute atomic E-state index is 0.530. The van der Waals surface area contributed by atoms with Crippen molar-refractivity contribution in [1.82, 2.24) is 0 Å². The van der Waals surface area contributed by atoms with Crippen LogP contribution in [0.15, 0.2) is 34.2 Å². The molecule has 2 N–H and O–H groups in total. The average Bonchev–Trinajstić information content (AvgIpc) is 2.42. The smallest absolute Gasteiger partial charge is 0.0872 e. The van der Waals surface area contributed by atoms with Crippen molar-refractivity contribution in [3.05, 3.63) is 24.3 Å². The van der Waals surface area contributed by atoms with Crippen LogP contribution in [0.1, 0.15) is 26.2 Å². The summed E-state index contributed by atoms with van der Waals surface area (Å²) in [5.41, 5.74) is 6.65. The van der Waals surface area contributed by atoms with E-state index in [2.05, 4.69) is 31.2 Å². The summed E-state index contributed by atoms with van der Waals surface area (Å²) in [5, 5.41) is 1.82. The van der Waals surface area contributed by atoms with Crippen LogP contribution in [0.5, 0.6) is 0 Å². The van der Waals surface area contributed by atoms with Gasteiger partial charge >= 0.3 is 0 Å². The highest BCUT2D eigenvalue weighted by Gasteiger charge is 2.22. The molecule has 2 nitrogen and oxygen atoms in total. The molecular formula is C14H20N2S2. The average molecular weight is 280 g/mol. The fourth-order valence-electron chi connectivity index (χ4n) is 1.85. The molecule has 2 rings (SSSR count). The van der Waals surface area contributed by atoms with Gasteiger partial charge in [-0.05, 0) is 43.7 Å². The first-order valence-corrected chi connectivity index (χ1v) is 8.38. The Balaban J connectivity index is 2.04. The van der Waals surface area contributed by atoms with Gasteiger partial charge in [0.2, 0.25) is 0 Å². The van der Waals surface area contributed by atoms with Gasteiger partial charge in [0.25, 0.3) is 0 Å². The molecule has 98 valence electrons. The van der Waals surface area contributed by atoms with E-state index >= 15 is 0 Å². The van der Waals surface area contributed by atoms with Crippen molar-refractivity contribution in [2.45, 2.75) is 36.3 Å². The predicted octanol–water partition coefficient (Wildman–Crippen LogP) is 4.07. The molecule has 1 aromatic rings.